The Bertz CT molecular complexity index is 595. The lowest BCUT2D eigenvalue weighted by Crippen LogP contribution is -2.05. The molecule has 0 atom stereocenters. The molecule has 1 aromatic carbocycles. The summed E-state index contributed by atoms with van der Waals surface area (Å²) in [6, 6.07) is 4.30. The predicted octanol–water partition coefficient (Wildman–Crippen LogP) is 3.16. The standard InChI is InChI=1S/C15H11F3O2/c1-10(19)14(11(2)20)5-3-4-12-6-8-13(9-7-12)15(16,17)18/h5-9H,1-2H3. The molecule has 0 saturated carbocycles. The highest BCUT2D eigenvalue weighted by molar-refractivity contribution is 6.18. The summed E-state index contributed by atoms with van der Waals surface area (Å²) in [5.41, 5.74) is -0.433. The van der Waals surface area contributed by atoms with Crippen molar-refractivity contribution in [3.05, 3.63) is 47.0 Å². The first-order chi connectivity index (χ1) is 9.21. The molecule has 0 heterocycles. The molecule has 0 amide bonds. The number of hydrogen-bond donors (Lipinski definition) is 0. The van der Waals surface area contributed by atoms with E-state index in [0.717, 1.165) is 12.1 Å². The molecule has 104 valence electrons. The zero-order valence-electron chi connectivity index (χ0n) is 10.8. The topological polar surface area (TPSA) is 34.1 Å². The Morgan fingerprint density at radius 1 is 1.05 bits per heavy atom. The highest BCUT2D eigenvalue weighted by atomic mass is 19.4. The number of alkyl halides is 3. The molecule has 20 heavy (non-hydrogen) atoms. The summed E-state index contributed by atoms with van der Waals surface area (Å²) < 4.78 is 37.0. The van der Waals surface area contributed by atoms with Crippen molar-refractivity contribution in [1.82, 2.24) is 0 Å². The highest BCUT2D eigenvalue weighted by Gasteiger charge is 2.29. The fraction of sp³-hybridized carbons (Fsp3) is 0.200. The third-order valence-corrected chi connectivity index (χ3v) is 2.40. The van der Waals surface area contributed by atoms with Gasteiger partial charge >= 0.3 is 6.18 Å². The summed E-state index contributed by atoms with van der Waals surface area (Å²) in [6.07, 6.45) is -3.22. The molecule has 0 unspecified atom stereocenters. The SMILES string of the molecule is CC(=O)C(=CC#Cc1ccc(C(F)(F)F)cc1)C(C)=O. The maximum Gasteiger partial charge on any atom is 0.416 e. The van der Waals surface area contributed by atoms with Crippen LogP contribution in [-0.4, -0.2) is 11.6 Å². The van der Waals surface area contributed by atoms with E-state index < -0.39 is 23.3 Å². The van der Waals surface area contributed by atoms with Gasteiger partial charge in [0.1, 0.15) is 0 Å². The highest BCUT2D eigenvalue weighted by Crippen LogP contribution is 2.28. The molecule has 2 nitrogen and oxygen atoms in total. The fourth-order valence-corrected chi connectivity index (χ4v) is 1.39. The number of benzene rings is 1. The lowest BCUT2D eigenvalue weighted by Gasteiger charge is -2.05. The molecule has 1 aromatic rings. The van der Waals surface area contributed by atoms with Crippen LogP contribution in [0.4, 0.5) is 13.2 Å². The number of rotatable bonds is 2. The van der Waals surface area contributed by atoms with E-state index in [2.05, 4.69) is 11.8 Å². The molecule has 0 aliphatic rings. The van der Waals surface area contributed by atoms with Gasteiger partial charge in [0.05, 0.1) is 11.1 Å². The van der Waals surface area contributed by atoms with Gasteiger partial charge in [0.2, 0.25) is 0 Å². The molecule has 0 saturated heterocycles. The first-order valence-electron chi connectivity index (χ1n) is 5.62. The van der Waals surface area contributed by atoms with Gasteiger partial charge in [-0.1, -0.05) is 11.8 Å². The number of carbonyl (C=O) groups is 2. The molecule has 0 aromatic heterocycles. The summed E-state index contributed by atoms with van der Waals surface area (Å²) in [7, 11) is 0. The Labute approximate surface area is 114 Å². The van der Waals surface area contributed by atoms with Crippen LogP contribution in [0.15, 0.2) is 35.9 Å². The van der Waals surface area contributed by atoms with Crippen molar-refractivity contribution in [2.24, 2.45) is 0 Å². The van der Waals surface area contributed by atoms with Crippen molar-refractivity contribution in [1.29, 1.82) is 0 Å². The number of hydrogen-bond acceptors (Lipinski definition) is 2. The fourth-order valence-electron chi connectivity index (χ4n) is 1.39. The minimum Gasteiger partial charge on any atom is -0.294 e. The van der Waals surface area contributed by atoms with E-state index in [9.17, 15) is 22.8 Å². The maximum absolute atomic E-state index is 12.3. The molecule has 1 rings (SSSR count). The lowest BCUT2D eigenvalue weighted by atomic mass is 10.1. The summed E-state index contributed by atoms with van der Waals surface area (Å²) >= 11 is 0. The van der Waals surface area contributed by atoms with E-state index >= 15 is 0 Å². The van der Waals surface area contributed by atoms with Crippen LogP contribution >= 0.6 is 0 Å². The van der Waals surface area contributed by atoms with Crippen LogP contribution in [0.1, 0.15) is 25.0 Å². The van der Waals surface area contributed by atoms with Crippen molar-refractivity contribution in [3.63, 3.8) is 0 Å². The van der Waals surface area contributed by atoms with Crippen LogP contribution in [-0.2, 0) is 15.8 Å². The zero-order chi connectivity index (χ0) is 15.3. The number of carbonyl (C=O) groups excluding carboxylic acids is 2. The first kappa shape index (κ1) is 15.7. The van der Waals surface area contributed by atoms with Crippen molar-refractivity contribution in [3.8, 4) is 11.8 Å². The summed E-state index contributed by atoms with van der Waals surface area (Å²) in [5.74, 6) is 4.25. The predicted molar refractivity (Wildman–Crippen MR) is 67.8 cm³/mol. The Morgan fingerprint density at radius 3 is 1.95 bits per heavy atom. The van der Waals surface area contributed by atoms with Crippen molar-refractivity contribution >= 4 is 11.6 Å². The van der Waals surface area contributed by atoms with Gasteiger partial charge in [-0.2, -0.15) is 13.2 Å². The third-order valence-electron chi connectivity index (χ3n) is 2.40. The van der Waals surface area contributed by atoms with E-state index in [1.807, 2.05) is 0 Å². The average Bonchev–Trinajstić information content (AvgIpc) is 2.33. The summed E-state index contributed by atoms with van der Waals surface area (Å²) in [6.45, 7) is 2.49. The first-order valence-corrected chi connectivity index (χ1v) is 5.62. The van der Waals surface area contributed by atoms with Gasteiger partial charge in [-0.05, 0) is 38.1 Å². The van der Waals surface area contributed by atoms with Crippen LogP contribution < -0.4 is 0 Å². The zero-order valence-corrected chi connectivity index (χ0v) is 10.8. The second-order valence-corrected chi connectivity index (χ2v) is 4.01. The Hall–Kier alpha value is -2.35. The van der Waals surface area contributed by atoms with Gasteiger partial charge < -0.3 is 0 Å². The van der Waals surface area contributed by atoms with E-state index in [1.165, 1.54) is 32.1 Å². The molecule has 0 bridgehead atoms. The van der Waals surface area contributed by atoms with Gasteiger partial charge in [-0.15, -0.1) is 0 Å². The number of allylic oxidation sites excluding steroid dienone is 2. The van der Waals surface area contributed by atoms with Crippen molar-refractivity contribution < 1.29 is 22.8 Å². The second kappa shape index (κ2) is 6.20. The van der Waals surface area contributed by atoms with Crippen LogP contribution in [0.2, 0.25) is 0 Å². The average molecular weight is 280 g/mol. The Balaban J connectivity index is 2.96. The van der Waals surface area contributed by atoms with Crippen LogP contribution in [0.3, 0.4) is 0 Å². The molecule has 0 N–H and O–H groups in total. The molecule has 0 aliphatic carbocycles. The number of Topliss-reactive ketones (excluding diaryl/α,β-unsaturated/α-hetero) is 2. The monoisotopic (exact) mass is 280 g/mol. The van der Waals surface area contributed by atoms with E-state index in [4.69, 9.17) is 0 Å². The third kappa shape index (κ3) is 4.39. The Morgan fingerprint density at radius 2 is 1.55 bits per heavy atom. The number of ketones is 2. The minimum absolute atomic E-state index is 0.0376. The van der Waals surface area contributed by atoms with E-state index in [-0.39, 0.29) is 5.57 Å². The van der Waals surface area contributed by atoms with Crippen LogP contribution in [0.5, 0.6) is 0 Å². The summed E-state index contributed by atoms with van der Waals surface area (Å²) in [4.78, 5) is 22.2. The largest absolute Gasteiger partial charge is 0.416 e. The van der Waals surface area contributed by atoms with Crippen LogP contribution in [0, 0.1) is 11.8 Å². The summed E-state index contributed by atoms with van der Waals surface area (Å²) in [5, 5.41) is 0. The molecule has 0 radical (unpaired) electrons. The molecule has 5 heteroatoms. The van der Waals surface area contributed by atoms with Gasteiger partial charge in [0.25, 0.3) is 0 Å². The van der Waals surface area contributed by atoms with E-state index in [1.54, 1.807) is 0 Å². The van der Waals surface area contributed by atoms with Gasteiger partial charge in [0, 0.05) is 11.6 Å². The van der Waals surface area contributed by atoms with Gasteiger partial charge in [0.15, 0.2) is 11.6 Å². The normalized spacial score (nSPS) is 10.2. The molecule has 0 fully saturated rings. The van der Waals surface area contributed by atoms with E-state index in [0.29, 0.717) is 5.56 Å². The maximum atomic E-state index is 12.3. The minimum atomic E-state index is -4.39. The van der Waals surface area contributed by atoms with Gasteiger partial charge in [-0.3, -0.25) is 9.59 Å². The quantitative estimate of drug-likeness (QED) is 0.361. The molecule has 0 spiro atoms. The lowest BCUT2D eigenvalue weighted by molar-refractivity contribution is -0.137. The van der Waals surface area contributed by atoms with Crippen LogP contribution in [0.25, 0.3) is 0 Å². The van der Waals surface area contributed by atoms with Gasteiger partial charge in [-0.25, -0.2) is 0 Å². The molecule has 0 aliphatic heterocycles. The molecular weight excluding hydrogens is 269 g/mol. The second-order valence-electron chi connectivity index (χ2n) is 4.01. The smallest absolute Gasteiger partial charge is 0.294 e. The Kier molecular flexibility index (Phi) is 4.87. The molecular formula is C15H11F3O2. The van der Waals surface area contributed by atoms with Crippen molar-refractivity contribution in [2.75, 3.05) is 0 Å². The number of halogens is 3. The van der Waals surface area contributed by atoms with Crippen molar-refractivity contribution in [2.45, 2.75) is 20.0 Å².